The number of nitrogens with one attached hydrogen (secondary N) is 2. The molecule has 2 aliphatic heterocycles. The van der Waals surface area contributed by atoms with Gasteiger partial charge in [0, 0.05) is 58.5 Å². The summed E-state index contributed by atoms with van der Waals surface area (Å²) in [4.78, 5) is 9.90. The molecule has 2 fully saturated rings. The van der Waals surface area contributed by atoms with Crippen LogP contribution in [0.15, 0.2) is 4.99 Å². The summed E-state index contributed by atoms with van der Waals surface area (Å²) in [5, 5.41) is 6.83. The molecule has 0 amide bonds. The summed E-state index contributed by atoms with van der Waals surface area (Å²) in [5.74, 6) is 1.52. The Labute approximate surface area is 195 Å². The van der Waals surface area contributed by atoms with Gasteiger partial charge in [0.05, 0.1) is 19.3 Å². The van der Waals surface area contributed by atoms with Gasteiger partial charge in [-0.15, -0.1) is 24.0 Å². The van der Waals surface area contributed by atoms with Crippen molar-refractivity contribution < 1.29 is 9.47 Å². The van der Waals surface area contributed by atoms with Crippen LogP contribution in [0, 0.1) is 5.92 Å². The molecular weight excluding hydrogens is 481 g/mol. The first kappa shape index (κ1) is 26.9. The van der Waals surface area contributed by atoms with Gasteiger partial charge in [0.2, 0.25) is 0 Å². The third-order valence-electron chi connectivity index (χ3n) is 5.64. The number of hydrogen-bond donors (Lipinski definition) is 2. The maximum Gasteiger partial charge on any atom is 0.191 e. The zero-order valence-corrected chi connectivity index (χ0v) is 21.3. The van der Waals surface area contributed by atoms with Crippen molar-refractivity contribution in [3.8, 4) is 0 Å². The molecule has 7 nitrogen and oxygen atoms in total. The Morgan fingerprint density at radius 3 is 2.59 bits per heavy atom. The van der Waals surface area contributed by atoms with Gasteiger partial charge >= 0.3 is 0 Å². The molecule has 0 aromatic carbocycles. The standard InChI is InChI=1S/C21H43N5O2.HI/c1-5-22-21(23-9-7-14-27-17-19-8-6-15-28-19)24-16-20(18(2)3)26-12-10-25(4)11-13-26;/h18-20H,5-17H2,1-4H3,(H2,22,23,24);1H. The SMILES string of the molecule is CCNC(=NCC(C(C)C)N1CCN(C)CC1)NCCCOCC1CCCO1.I. The summed E-state index contributed by atoms with van der Waals surface area (Å²) < 4.78 is 11.3. The maximum absolute atomic E-state index is 5.74. The van der Waals surface area contributed by atoms with E-state index in [9.17, 15) is 0 Å². The van der Waals surface area contributed by atoms with E-state index in [0.717, 1.165) is 84.4 Å². The highest BCUT2D eigenvalue weighted by molar-refractivity contribution is 14.0. The van der Waals surface area contributed by atoms with Crippen LogP contribution >= 0.6 is 24.0 Å². The Bertz CT molecular complexity index is 439. The van der Waals surface area contributed by atoms with Crippen LogP contribution in [-0.4, -0.2) is 101 Å². The number of hydrogen-bond acceptors (Lipinski definition) is 5. The average molecular weight is 526 g/mol. The molecule has 2 atom stereocenters. The number of likely N-dealkylation sites (N-methyl/N-ethyl adjacent to an activating group) is 1. The lowest BCUT2D eigenvalue weighted by Crippen LogP contribution is -2.52. The Kier molecular flexibility index (Phi) is 14.5. The molecule has 29 heavy (non-hydrogen) atoms. The predicted octanol–water partition coefficient (Wildman–Crippen LogP) is 2.02. The Morgan fingerprint density at radius 1 is 1.21 bits per heavy atom. The van der Waals surface area contributed by atoms with Gasteiger partial charge in [-0.3, -0.25) is 9.89 Å². The van der Waals surface area contributed by atoms with Gasteiger partial charge in [-0.05, 0) is 39.2 Å². The number of halogens is 1. The number of aliphatic imine (C=N–C) groups is 1. The summed E-state index contributed by atoms with van der Waals surface area (Å²) in [5.41, 5.74) is 0. The van der Waals surface area contributed by atoms with Gasteiger partial charge in [0.15, 0.2) is 5.96 Å². The summed E-state index contributed by atoms with van der Waals surface area (Å²) in [6.07, 6.45) is 3.60. The molecule has 0 aromatic rings. The zero-order chi connectivity index (χ0) is 20.2. The highest BCUT2D eigenvalue weighted by atomic mass is 127. The molecule has 2 unspecified atom stereocenters. The minimum Gasteiger partial charge on any atom is -0.379 e. The minimum absolute atomic E-state index is 0. The topological polar surface area (TPSA) is 61.4 Å². The van der Waals surface area contributed by atoms with Crippen molar-refractivity contribution in [2.75, 3.05) is 72.7 Å². The summed E-state index contributed by atoms with van der Waals surface area (Å²) in [7, 11) is 2.21. The number of rotatable bonds is 11. The van der Waals surface area contributed by atoms with Crippen molar-refractivity contribution >= 4 is 29.9 Å². The first-order valence-electron chi connectivity index (χ1n) is 11.2. The fraction of sp³-hybridized carbons (Fsp3) is 0.952. The Balaban J connectivity index is 0.00000420. The van der Waals surface area contributed by atoms with Crippen LogP contribution in [0.4, 0.5) is 0 Å². The van der Waals surface area contributed by atoms with E-state index in [2.05, 4.69) is 48.3 Å². The van der Waals surface area contributed by atoms with Crippen LogP contribution in [-0.2, 0) is 9.47 Å². The van der Waals surface area contributed by atoms with Crippen molar-refractivity contribution in [3.05, 3.63) is 0 Å². The molecule has 2 N–H and O–H groups in total. The lowest BCUT2D eigenvalue weighted by atomic mass is 10.0. The monoisotopic (exact) mass is 525 g/mol. The highest BCUT2D eigenvalue weighted by Gasteiger charge is 2.24. The molecule has 2 aliphatic rings. The lowest BCUT2D eigenvalue weighted by molar-refractivity contribution is 0.0168. The third-order valence-corrected chi connectivity index (χ3v) is 5.64. The molecule has 172 valence electrons. The van der Waals surface area contributed by atoms with Gasteiger partial charge in [-0.1, -0.05) is 13.8 Å². The van der Waals surface area contributed by atoms with Crippen molar-refractivity contribution in [2.24, 2.45) is 10.9 Å². The van der Waals surface area contributed by atoms with Crippen LogP contribution < -0.4 is 10.6 Å². The molecule has 0 bridgehead atoms. The van der Waals surface area contributed by atoms with Crippen LogP contribution in [0.2, 0.25) is 0 Å². The number of guanidine groups is 1. The van der Waals surface area contributed by atoms with E-state index in [1.807, 2.05) is 0 Å². The van der Waals surface area contributed by atoms with Crippen LogP contribution in [0.3, 0.4) is 0 Å². The fourth-order valence-corrected chi connectivity index (χ4v) is 3.80. The maximum atomic E-state index is 5.74. The third kappa shape index (κ3) is 10.6. The fourth-order valence-electron chi connectivity index (χ4n) is 3.80. The van der Waals surface area contributed by atoms with E-state index in [-0.39, 0.29) is 24.0 Å². The molecule has 0 saturated carbocycles. The molecule has 8 heteroatoms. The van der Waals surface area contributed by atoms with Crippen molar-refractivity contribution in [3.63, 3.8) is 0 Å². The molecule has 2 rings (SSSR count). The van der Waals surface area contributed by atoms with Crippen molar-refractivity contribution in [2.45, 2.75) is 52.2 Å². The first-order chi connectivity index (χ1) is 13.6. The second-order valence-electron chi connectivity index (χ2n) is 8.36. The second kappa shape index (κ2) is 15.6. The summed E-state index contributed by atoms with van der Waals surface area (Å²) in [6, 6.07) is 0.499. The predicted molar refractivity (Wildman–Crippen MR) is 132 cm³/mol. The van der Waals surface area contributed by atoms with E-state index >= 15 is 0 Å². The zero-order valence-electron chi connectivity index (χ0n) is 19.0. The van der Waals surface area contributed by atoms with Gasteiger partial charge in [0.25, 0.3) is 0 Å². The van der Waals surface area contributed by atoms with Gasteiger partial charge in [-0.25, -0.2) is 0 Å². The quantitative estimate of drug-likeness (QED) is 0.186. The molecule has 0 radical (unpaired) electrons. The van der Waals surface area contributed by atoms with Gasteiger partial charge < -0.3 is 25.0 Å². The second-order valence-corrected chi connectivity index (χ2v) is 8.36. The van der Waals surface area contributed by atoms with Crippen LogP contribution in [0.5, 0.6) is 0 Å². The van der Waals surface area contributed by atoms with Crippen LogP contribution in [0.25, 0.3) is 0 Å². The van der Waals surface area contributed by atoms with E-state index in [4.69, 9.17) is 14.5 Å². The van der Waals surface area contributed by atoms with E-state index < -0.39 is 0 Å². The smallest absolute Gasteiger partial charge is 0.191 e. The normalized spacial score (nSPS) is 22.5. The number of ether oxygens (including phenoxy) is 2. The Morgan fingerprint density at radius 2 is 1.97 bits per heavy atom. The van der Waals surface area contributed by atoms with Crippen LogP contribution in [0.1, 0.15) is 40.0 Å². The average Bonchev–Trinajstić information content (AvgIpc) is 3.19. The largest absolute Gasteiger partial charge is 0.379 e. The summed E-state index contributed by atoms with van der Waals surface area (Å²) >= 11 is 0. The highest BCUT2D eigenvalue weighted by Crippen LogP contribution is 2.14. The van der Waals surface area contributed by atoms with E-state index in [1.54, 1.807) is 0 Å². The number of nitrogens with zero attached hydrogens (tertiary/aromatic N) is 3. The molecule has 0 spiro atoms. The van der Waals surface area contributed by atoms with E-state index in [0.29, 0.717) is 18.1 Å². The van der Waals surface area contributed by atoms with E-state index in [1.165, 1.54) is 6.42 Å². The number of piperazine rings is 1. The lowest BCUT2D eigenvalue weighted by Gasteiger charge is -2.39. The van der Waals surface area contributed by atoms with Gasteiger partial charge in [0.1, 0.15) is 0 Å². The first-order valence-corrected chi connectivity index (χ1v) is 11.2. The molecule has 2 saturated heterocycles. The van der Waals surface area contributed by atoms with Crippen molar-refractivity contribution in [1.82, 2.24) is 20.4 Å². The van der Waals surface area contributed by atoms with Gasteiger partial charge in [-0.2, -0.15) is 0 Å². The molecule has 0 aromatic heterocycles. The molecule has 0 aliphatic carbocycles. The Hall–Kier alpha value is -0.160. The minimum atomic E-state index is 0. The summed E-state index contributed by atoms with van der Waals surface area (Å²) in [6.45, 7) is 16.3. The molecule has 2 heterocycles. The molecular formula is C21H44IN5O2. The van der Waals surface area contributed by atoms with Crippen molar-refractivity contribution in [1.29, 1.82) is 0 Å².